The van der Waals surface area contributed by atoms with Gasteiger partial charge in [-0.2, -0.15) is 0 Å². The van der Waals surface area contributed by atoms with Crippen LogP contribution in [0.2, 0.25) is 0 Å². The SMILES string of the molecule is CC(=Cc1ccccc1Br)CNCC(C)C. The van der Waals surface area contributed by atoms with Crippen molar-refractivity contribution in [1.29, 1.82) is 0 Å². The maximum Gasteiger partial charge on any atom is 0.0247 e. The van der Waals surface area contributed by atoms with E-state index in [1.54, 1.807) is 0 Å². The highest BCUT2D eigenvalue weighted by atomic mass is 79.9. The van der Waals surface area contributed by atoms with Gasteiger partial charge < -0.3 is 5.32 Å². The van der Waals surface area contributed by atoms with Crippen molar-refractivity contribution in [1.82, 2.24) is 5.32 Å². The summed E-state index contributed by atoms with van der Waals surface area (Å²) >= 11 is 3.55. The maximum atomic E-state index is 3.55. The highest BCUT2D eigenvalue weighted by molar-refractivity contribution is 9.10. The van der Waals surface area contributed by atoms with Crippen LogP contribution in [-0.4, -0.2) is 13.1 Å². The Morgan fingerprint density at radius 3 is 2.69 bits per heavy atom. The number of rotatable bonds is 5. The summed E-state index contributed by atoms with van der Waals surface area (Å²) in [6.45, 7) is 8.63. The summed E-state index contributed by atoms with van der Waals surface area (Å²) < 4.78 is 1.15. The molecule has 0 heterocycles. The van der Waals surface area contributed by atoms with Crippen molar-refractivity contribution in [2.45, 2.75) is 20.8 Å². The molecule has 2 heteroatoms. The first-order valence-electron chi connectivity index (χ1n) is 5.72. The van der Waals surface area contributed by atoms with Crippen LogP contribution >= 0.6 is 15.9 Å². The van der Waals surface area contributed by atoms with Gasteiger partial charge in [0.05, 0.1) is 0 Å². The van der Waals surface area contributed by atoms with Gasteiger partial charge in [-0.3, -0.25) is 0 Å². The van der Waals surface area contributed by atoms with Crippen molar-refractivity contribution in [2.24, 2.45) is 5.92 Å². The van der Waals surface area contributed by atoms with E-state index < -0.39 is 0 Å². The molecule has 0 bridgehead atoms. The second kappa shape index (κ2) is 6.87. The molecule has 0 unspecified atom stereocenters. The van der Waals surface area contributed by atoms with Crippen LogP contribution in [0.5, 0.6) is 0 Å². The summed E-state index contributed by atoms with van der Waals surface area (Å²) in [7, 11) is 0. The summed E-state index contributed by atoms with van der Waals surface area (Å²) in [6.07, 6.45) is 2.22. The monoisotopic (exact) mass is 281 g/mol. The van der Waals surface area contributed by atoms with Crippen LogP contribution in [0.3, 0.4) is 0 Å². The van der Waals surface area contributed by atoms with Crippen LogP contribution in [0.25, 0.3) is 6.08 Å². The lowest BCUT2D eigenvalue weighted by atomic mass is 10.1. The average molecular weight is 282 g/mol. The fourth-order valence-corrected chi connectivity index (χ4v) is 1.87. The van der Waals surface area contributed by atoms with Gasteiger partial charge in [0.25, 0.3) is 0 Å². The lowest BCUT2D eigenvalue weighted by molar-refractivity contribution is 0.572. The van der Waals surface area contributed by atoms with Gasteiger partial charge in [0, 0.05) is 11.0 Å². The van der Waals surface area contributed by atoms with Gasteiger partial charge in [0.15, 0.2) is 0 Å². The topological polar surface area (TPSA) is 12.0 Å². The van der Waals surface area contributed by atoms with Crippen LogP contribution in [0.4, 0.5) is 0 Å². The fraction of sp³-hybridized carbons (Fsp3) is 0.429. The molecular formula is C14H20BrN. The van der Waals surface area contributed by atoms with Crippen LogP contribution in [0.15, 0.2) is 34.3 Å². The van der Waals surface area contributed by atoms with Crippen molar-refractivity contribution < 1.29 is 0 Å². The smallest absolute Gasteiger partial charge is 0.0247 e. The molecule has 1 N–H and O–H groups in total. The molecular weight excluding hydrogens is 262 g/mol. The third kappa shape index (κ3) is 4.95. The van der Waals surface area contributed by atoms with Gasteiger partial charge in [0.1, 0.15) is 0 Å². The number of hydrogen-bond donors (Lipinski definition) is 1. The van der Waals surface area contributed by atoms with Gasteiger partial charge in [-0.1, -0.05) is 59.6 Å². The standard InChI is InChI=1S/C14H20BrN/c1-11(2)9-16-10-12(3)8-13-6-4-5-7-14(13)15/h4-8,11,16H,9-10H2,1-3H3. The molecule has 1 rings (SSSR count). The molecule has 0 aliphatic heterocycles. The van der Waals surface area contributed by atoms with Crippen molar-refractivity contribution in [2.75, 3.05) is 13.1 Å². The molecule has 0 atom stereocenters. The molecule has 1 aromatic rings. The summed E-state index contributed by atoms with van der Waals surface area (Å²) in [5.41, 5.74) is 2.60. The summed E-state index contributed by atoms with van der Waals surface area (Å²) in [6, 6.07) is 8.29. The predicted molar refractivity (Wildman–Crippen MR) is 75.5 cm³/mol. The second-order valence-electron chi connectivity index (χ2n) is 4.54. The molecule has 1 aromatic carbocycles. The molecule has 0 saturated heterocycles. The van der Waals surface area contributed by atoms with Crippen molar-refractivity contribution >= 4 is 22.0 Å². The lowest BCUT2D eigenvalue weighted by Crippen LogP contribution is -2.21. The maximum absolute atomic E-state index is 3.55. The second-order valence-corrected chi connectivity index (χ2v) is 5.39. The van der Waals surface area contributed by atoms with E-state index in [4.69, 9.17) is 0 Å². The summed E-state index contributed by atoms with van der Waals surface area (Å²) in [5, 5.41) is 3.44. The summed E-state index contributed by atoms with van der Waals surface area (Å²) in [4.78, 5) is 0. The van der Waals surface area contributed by atoms with E-state index in [1.807, 2.05) is 6.07 Å². The van der Waals surface area contributed by atoms with E-state index in [-0.39, 0.29) is 0 Å². The predicted octanol–water partition coefficient (Wildman–Crippen LogP) is 4.10. The van der Waals surface area contributed by atoms with Gasteiger partial charge in [-0.25, -0.2) is 0 Å². The highest BCUT2D eigenvalue weighted by Crippen LogP contribution is 2.18. The van der Waals surface area contributed by atoms with E-state index in [9.17, 15) is 0 Å². The molecule has 0 aromatic heterocycles. The van der Waals surface area contributed by atoms with E-state index in [1.165, 1.54) is 11.1 Å². The molecule has 0 saturated carbocycles. The molecule has 0 spiro atoms. The minimum Gasteiger partial charge on any atom is -0.313 e. The molecule has 1 nitrogen and oxygen atoms in total. The molecule has 88 valence electrons. The van der Waals surface area contributed by atoms with Gasteiger partial charge in [-0.15, -0.1) is 0 Å². The highest BCUT2D eigenvalue weighted by Gasteiger charge is 1.97. The zero-order chi connectivity index (χ0) is 12.0. The number of hydrogen-bond acceptors (Lipinski definition) is 1. The van der Waals surface area contributed by atoms with Gasteiger partial charge in [-0.05, 0) is 31.0 Å². The van der Waals surface area contributed by atoms with E-state index >= 15 is 0 Å². The zero-order valence-electron chi connectivity index (χ0n) is 10.3. The first kappa shape index (κ1) is 13.5. The zero-order valence-corrected chi connectivity index (χ0v) is 11.8. The minimum atomic E-state index is 0.705. The van der Waals surface area contributed by atoms with Crippen LogP contribution in [0, 0.1) is 5.92 Å². The van der Waals surface area contributed by atoms with E-state index in [2.05, 4.69) is 66.3 Å². The van der Waals surface area contributed by atoms with E-state index in [0.29, 0.717) is 5.92 Å². The number of benzene rings is 1. The Labute approximate surface area is 107 Å². The van der Waals surface area contributed by atoms with Gasteiger partial charge in [0.2, 0.25) is 0 Å². The Bertz CT molecular complexity index is 356. The van der Waals surface area contributed by atoms with Crippen molar-refractivity contribution in [3.63, 3.8) is 0 Å². The molecule has 0 radical (unpaired) electrons. The molecule has 0 amide bonds. The normalized spacial score (nSPS) is 12.2. The van der Waals surface area contributed by atoms with Crippen LogP contribution < -0.4 is 5.32 Å². The minimum absolute atomic E-state index is 0.705. The Balaban J connectivity index is 2.53. The van der Waals surface area contributed by atoms with Crippen LogP contribution in [-0.2, 0) is 0 Å². The van der Waals surface area contributed by atoms with Crippen LogP contribution in [0.1, 0.15) is 26.3 Å². The summed E-state index contributed by atoms with van der Waals surface area (Å²) in [5.74, 6) is 0.705. The quantitative estimate of drug-likeness (QED) is 0.857. The van der Waals surface area contributed by atoms with Crippen molar-refractivity contribution in [3.8, 4) is 0 Å². The molecule has 0 aliphatic carbocycles. The van der Waals surface area contributed by atoms with E-state index in [0.717, 1.165) is 17.6 Å². The number of nitrogens with one attached hydrogen (secondary N) is 1. The molecule has 0 aliphatic rings. The molecule has 16 heavy (non-hydrogen) atoms. The lowest BCUT2D eigenvalue weighted by Gasteiger charge is -2.08. The first-order chi connectivity index (χ1) is 7.59. The van der Waals surface area contributed by atoms with Crippen molar-refractivity contribution in [3.05, 3.63) is 39.9 Å². The Kier molecular flexibility index (Phi) is 5.78. The third-order valence-corrected chi connectivity index (χ3v) is 2.99. The Hall–Kier alpha value is -0.600. The largest absolute Gasteiger partial charge is 0.313 e. The van der Waals surface area contributed by atoms with Gasteiger partial charge >= 0.3 is 0 Å². The number of halogens is 1. The third-order valence-electron chi connectivity index (χ3n) is 2.26. The fourth-order valence-electron chi connectivity index (χ4n) is 1.47. The first-order valence-corrected chi connectivity index (χ1v) is 6.51. The Morgan fingerprint density at radius 1 is 1.38 bits per heavy atom. The average Bonchev–Trinajstić information content (AvgIpc) is 2.21. The Morgan fingerprint density at radius 2 is 2.06 bits per heavy atom. The molecule has 0 fully saturated rings.